The third kappa shape index (κ3) is 15.2. The van der Waals surface area contributed by atoms with Gasteiger partial charge in [-0.15, -0.1) is 0 Å². The summed E-state index contributed by atoms with van der Waals surface area (Å²) < 4.78 is 0. The quantitative estimate of drug-likeness (QED) is 0.140. The zero-order valence-electron chi connectivity index (χ0n) is 17.5. The molecular weight excluding hydrogens is 360 g/mol. The lowest BCUT2D eigenvalue weighted by molar-refractivity contribution is -0.107. The summed E-state index contributed by atoms with van der Waals surface area (Å²) >= 11 is 6.44. The van der Waals surface area contributed by atoms with E-state index in [1.54, 1.807) is 6.20 Å². The lowest BCUT2D eigenvalue weighted by Gasteiger charge is -2.17. The number of aliphatic imine (C=N–C) groups is 1. The maximum atomic E-state index is 10.3. The molecule has 0 spiro atoms. The van der Waals surface area contributed by atoms with Gasteiger partial charge in [0.25, 0.3) is 0 Å². The first-order valence-electron chi connectivity index (χ1n) is 9.79. The van der Waals surface area contributed by atoms with Gasteiger partial charge in [0.15, 0.2) is 0 Å². The number of nitrogens with one attached hydrogen (secondary N) is 2. The van der Waals surface area contributed by atoms with E-state index in [4.69, 9.17) is 11.6 Å². The van der Waals surface area contributed by atoms with Crippen molar-refractivity contribution in [2.75, 3.05) is 26.7 Å². The number of halogens is 1. The molecule has 6 heteroatoms. The minimum absolute atomic E-state index is 0.605. The van der Waals surface area contributed by atoms with Crippen LogP contribution in [0.5, 0.6) is 0 Å². The number of rotatable bonds is 15. The van der Waals surface area contributed by atoms with Crippen molar-refractivity contribution in [2.24, 2.45) is 4.99 Å². The summed E-state index contributed by atoms with van der Waals surface area (Å²) in [5.74, 6) is 0.756. The van der Waals surface area contributed by atoms with Crippen LogP contribution in [0.3, 0.4) is 0 Å². The summed E-state index contributed by atoms with van der Waals surface area (Å²) in [6.45, 7) is 12.6. The van der Waals surface area contributed by atoms with E-state index < -0.39 is 0 Å². The Morgan fingerprint density at radius 2 is 1.89 bits per heavy atom. The lowest BCUT2D eigenvalue weighted by atomic mass is 10.2. The fourth-order valence-corrected chi connectivity index (χ4v) is 2.59. The number of carbonyl (C=O) groups is 1. The smallest absolute Gasteiger partial charge is 0.119 e. The molecule has 0 unspecified atom stereocenters. The molecule has 0 saturated carbocycles. The van der Waals surface area contributed by atoms with Crippen molar-refractivity contribution >= 4 is 23.7 Å². The Balaban J connectivity index is 4.45. The predicted molar refractivity (Wildman–Crippen MR) is 118 cm³/mol. The molecule has 0 aliphatic heterocycles. The highest BCUT2D eigenvalue weighted by atomic mass is 35.5. The zero-order valence-corrected chi connectivity index (χ0v) is 18.2. The van der Waals surface area contributed by atoms with Crippen molar-refractivity contribution in [3.05, 3.63) is 35.3 Å². The molecule has 0 atom stereocenters. The summed E-state index contributed by atoms with van der Waals surface area (Å²) in [5, 5.41) is 7.09. The Bertz CT molecular complexity index is 526. The molecule has 0 aromatic rings. The van der Waals surface area contributed by atoms with Crippen LogP contribution in [-0.4, -0.2) is 43.7 Å². The molecule has 0 rings (SSSR count). The monoisotopic (exact) mass is 396 g/mol. The van der Waals surface area contributed by atoms with Crippen LogP contribution in [0.25, 0.3) is 0 Å². The van der Waals surface area contributed by atoms with Crippen molar-refractivity contribution < 1.29 is 4.79 Å². The van der Waals surface area contributed by atoms with Crippen molar-refractivity contribution in [1.82, 2.24) is 15.5 Å². The highest BCUT2D eigenvalue weighted by molar-refractivity contribution is 6.31. The van der Waals surface area contributed by atoms with Gasteiger partial charge in [0.05, 0.1) is 10.7 Å². The Morgan fingerprint density at radius 3 is 2.52 bits per heavy atom. The normalized spacial score (nSPS) is 13.0. The van der Waals surface area contributed by atoms with E-state index in [1.807, 2.05) is 13.8 Å². The zero-order chi connectivity index (χ0) is 20.5. The van der Waals surface area contributed by atoms with Gasteiger partial charge in [0.2, 0.25) is 0 Å². The molecule has 0 amide bonds. The number of carbonyl (C=O) groups excluding carboxylic acids is 1. The van der Waals surface area contributed by atoms with E-state index in [-0.39, 0.29) is 0 Å². The van der Waals surface area contributed by atoms with E-state index >= 15 is 0 Å². The average Bonchev–Trinajstić information content (AvgIpc) is 2.62. The Morgan fingerprint density at radius 1 is 1.19 bits per heavy atom. The molecule has 0 bridgehead atoms. The number of hydrogen-bond donors (Lipinski definition) is 2. The van der Waals surface area contributed by atoms with Crippen LogP contribution in [0.2, 0.25) is 0 Å². The molecule has 154 valence electrons. The Labute approximate surface area is 170 Å². The second-order valence-electron chi connectivity index (χ2n) is 6.75. The number of allylic oxidation sites excluding steroid dienone is 3. The third-order valence-electron chi connectivity index (χ3n) is 3.80. The largest absolute Gasteiger partial charge is 0.384 e. The van der Waals surface area contributed by atoms with Gasteiger partial charge >= 0.3 is 0 Å². The number of hydrogen-bond acceptors (Lipinski definition) is 4. The van der Waals surface area contributed by atoms with Crippen LogP contribution < -0.4 is 10.6 Å². The van der Waals surface area contributed by atoms with Crippen molar-refractivity contribution in [3.8, 4) is 0 Å². The van der Waals surface area contributed by atoms with Crippen LogP contribution in [0.4, 0.5) is 0 Å². The molecule has 0 radical (unpaired) electrons. The highest BCUT2D eigenvalue weighted by Gasteiger charge is 2.03. The standard InChI is InChI=1S/C21H37ClN4O/c1-6-7-12-21(20(22)17-24-19(4)25-18(2)3)23-13-11-15-26(5)14-9-8-10-16-27/h12,16-17,23H,2,6-11,13-15H2,1,3-5H3,(H,24,25)/b20-17+,21-12-. The highest BCUT2D eigenvalue weighted by Crippen LogP contribution is 2.14. The van der Waals surface area contributed by atoms with Gasteiger partial charge in [-0.1, -0.05) is 37.6 Å². The second-order valence-corrected chi connectivity index (χ2v) is 7.16. The van der Waals surface area contributed by atoms with Gasteiger partial charge in [-0.3, -0.25) is 0 Å². The number of aldehydes is 1. The summed E-state index contributed by atoms with van der Waals surface area (Å²) in [7, 11) is 2.12. The summed E-state index contributed by atoms with van der Waals surface area (Å²) in [5.41, 5.74) is 1.77. The van der Waals surface area contributed by atoms with E-state index in [0.717, 1.165) is 75.3 Å². The number of nitrogens with zero attached hydrogens (tertiary/aromatic N) is 2. The van der Waals surface area contributed by atoms with Crippen molar-refractivity contribution in [1.29, 1.82) is 0 Å². The van der Waals surface area contributed by atoms with Crippen LogP contribution in [-0.2, 0) is 4.79 Å². The maximum absolute atomic E-state index is 10.3. The fraction of sp³-hybridized carbons (Fsp3) is 0.619. The summed E-state index contributed by atoms with van der Waals surface area (Å²) in [6.07, 6.45) is 10.5. The first-order valence-corrected chi connectivity index (χ1v) is 10.2. The molecule has 2 N–H and O–H groups in total. The first-order chi connectivity index (χ1) is 12.9. The minimum atomic E-state index is 0.605. The second kappa shape index (κ2) is 16.6. The molecule has 27 heavy (non-hydrogen) atoms. The molecule has 0 heterocycles. The van der Waals surface area contributed by atoms with E-state index in [1.165, 1.54) is 0 Å². The van der Waals surface area contributed by atoms with Crippen LogP contribution in [0, 0.1) is 0 Å². The van der Waals surface area contributed by atoms with Gasteiger partial charge in [-0.05, 0) is 59.7 Å². The Kier molecular flexibility index (Phi) is 15.6. The maximum Gasteiger partial charge on any atom is 0.119 e. The van der Waals surface area contributed by atoms with Gasteiger partial charge in [-0.25, -0.2) is 4.99 Å². The Hall–Kier alpha value is -1.59. The third-order valence-corrected chi connectivity index (χ3v) is 4.11. The average molecular weight is 397 g/mol. The van der Waals surface area contributed by atoms with Gasteiger partial charge in [0.1, 0.15) is 12.1 Å². The van der Waals surface area contributed by atoms with E-state index in [9.17, 15) is 4.79 Å². The van der Waals surface area contributed by atoms with Crippen molar-refractivity contribution in [2.45, 2.75) is 59.3 Å². The molecular formula is C21H37ClN4O. The molecule has 0 aliphatic carbocycles. The van der Waals surface area contributed by atoms with Crippen LogP contribution in [0.1, 0.15) is 59.3 Å². The van der Waals surface area contributed by atoms with Gasteiger partial charge in [0, 0.05) is 24.9 Å². The molecule has 0 aromatic carbocycles. The SMILES string of the molecule is C=C(C)NC(C)=N/C=C(Cl)\C(=C\CCC)NCCCN(C)CCCCC=O. The first kappa shape index (κ1) is 25.4. The van der Waals surface area contributed by atoms with Crippen molar-refractivity contribution in [3.63, 3.8) is 0 Å². The fourth-order valence-electron chi connectivity index (χ4n) is 2.40. The number of amidine groups is 1. The van der Waals surface area contributed by atoms with E-state index in [2.05, 4.69) is 47.2 Å². The lowest BCUT2D eigenvalue weighted by Crippen LogP contribution is -2.25. The van der Waals surface area contributed by atoms with Crippen LogP contribution >= 0.6 is 11.6 Å². The summed E-state index contributed by atoms with van der Waals surface area (Å²) in [6, 6.07) is 0. The molecule has 5 nitrogen and oxygen atoms in total. The molecule has 0 aliphatic rings. The minimum Gasteiger partial charge on any atom is -0.384 e. The molecule has 0 aromatic heterocycles. The number of unbranched alkanes of at least 4 members (excludes halogenated alkanes) is 3. The van der Waals surface area contributed by atoms with Gasteiger partial charge in [-0.2, -0.15) is 0 Å². The van der Waals surface area contributed by atoms with Gasteiger partial charge < -0.3 is 20.3 Å². The summed E-state index contributed by atoms with van der Waals surface area (Å²) in [4.78, 5) is 17.0. The topological polar surface area (TPSA) is 56.7 Å². The molecule has 0 fully saturated rings. The van der Waals surface area contributed by atoms with Crippen LogP contribution in [0.15, 0.2) is 40.3 Å². The molecule has 0 saturated heterocycles. The van der Waals surface area contributed by atoms with E-state index in [0.29, 0.717) is 11.5 Å². The predicted octanol–water partition coefficient (Wildman–Crippen LogP) is 4.57.